The van der Waals surface area contributed by atoms with E-state index in [0.29, 0.717) is 0 Å². The Morgan fingerprint density at radius 3 is 2.45 bits per heavy atom. The molecule has 1 saturated heterocycles. The summed E-state index contributed by atoms with van der Waals surface area (Å²) < 4.78 is 0. The molecule has 0 spiro atoms. The summed E-state index contributed by atoms with van der Waals surface area (Å²) in [4.78, 5) is 4.80. The van der Waals surface area contributed by atoms with Crippen LogP contribution in [0.2, 0.25) is 0 Å². The lowest BCUT2D eigenvalue weighted by atomic mass is 9.98. The van der Waals surface area contributed by atoms with Gasteiger partial charge in [-0.25, -0.2) is 0 Å². The molecule has 11 heavy (non-hydrogen) atoms. The normalized spacial score (nSPS) is 34.6. The summed E-state index contributed by atoms with van der Waals surface area (Å²) in [5, 5.41) is 0. The monoisotopic (exact) mass is 156 g/mol. The first-order valence-corrected chi connectivity index (χ1v) is 4.48. The third-order valence-electron chi connectivity index (χ3n) is 2.91. The van der Waals surface area contributed by atoms with E-state index in [9.17, 15) is 0 Å². The van der Waals surface area contributed by atoms with Crippen molar-refractivity contribution < 1.29 is 0 Å². The van der Waals surface area contributed by atoms with E-state index >= 15 is 0 Å². The van der Waals surface area contributed by atoms with Crippen LogP contribution in [0, 0.1) is 0 Å². The lowest BCUT2D eigenvalue weighted by Gasteiger charge is -2.37. The maximum absolute atomic E-state index is 2.44. The highest BCUT2D eigenvalue weighted by Crippen LogP contribution is 2.17. The minimum atomic E-state index is 0.760. The highest BCUT2D eigenvalue weighted by atomic mass is 15.2. The third kappa shape index (κ3) is 2.17. The number of rotatable bonds is 1. The van der Waals surface area contributed by atoms with E-state index in [0.717, 1.165) is 12.1 Å². The Morgan fingerprint density at radius 1 is 1.36 bits per heavy atom. The molecule has 1 fully saturated rings. The molecule has 0 radical (unpaired) electrons. The van der Waals surface area contributed by atoms with Crippen molar-refractivity contribution in [1.29, 1.82) is 0 Å². The molecule has 2 nitrogen and oxygen atoms in total. The number of likely N-dealkylation sites (tertiary alicyclic amines) is 1. The van der Waals surface area contributed by atoms with Crippen LogP contribution in [0.3, 0.4) is 0 Å². The molecule has 2 unspecified atom stereocenters. The fraction of sp³-hybridized carbons (Fsp3) is 1.00. The average Bonchev–Trinajstić information content (AvgIpc) is 1.94. The fourth-order valence-electron chi connectivity index (χ4n) is 1.73. The van der Waals surface area contributed by atoms with Crippen molar-refractivity contribution in [3.8, 4) is 0 Å². The average molecular weight is 156 g/mol. The molecule has 0 aliphatic carbocycles. The van der Waals surface area contributed by atoms with E-state index in [2.05, 4.69) is 37.9 Å². The fourth-order valence-corrected chi connectivity index (χ4v) is 1.73. The van der Waals surface area contributed by atoms with Gasteiger partial charge in [0.1, 0.15) is 0 Å². The van der Waals surface area contributed by atoms with E-state index in [1.54, 1.807) is 0 Å². The molecule has 1 aliphatic rings. The zero-order valence-corrected chi connectivity index (χ0v) is 8.17. The second kappa shape index (κ2) is 3.55. The third-order valence-corrected chi connectivity index (χ3v) is 2.91. The van der Waals surface area contributed by atoms with Gasteiger partial charge in [-0.2, -0.15) is 0 Å². The minimum Gasteiger partial charge on any atom is -0.306 e. The van der Waals surface area contributed by atoms with Gasteiger partial charge in [0, 0.05) is 12.1 Å². The molecule has 1 heterocycles. The van der Waals surface area contributed by atoms with Crippen molar-refractivity contribution in [1.82, 2.24) is 9.80 Å². The molecule has 0 aromatic heterocycles. The number of piperidine rings is 1. The zero-order chi connectivity index (χ0) is 8.43. The maximum Gasteiger partial charge on any atom is 0.0116 e. The summed E-state index contributed by atoms with van der Waals surface area (Å²) in [5.74, 6) is 0. The highest BCUT2D eigenvalue weighted by molar-refractivity contribution is 4.80. The van der Waals surface area contributed by atoms with Crippen LogP contribution >= 0.6 is 0 Å². The summed E-state index contributed by atoms with van der Waals surface area (Å²) >= 11 is 0. The van der Waals surface area contributed by atoms with Crippen molar-refractivity contribution >= 4 is 0 Å². The Hall–Kier alpha value is -0.0800. The van der Waals surface area contributed by atoms with Gasteiger partial charge in [-0.3, -0.25) is 0 Å². The highest BCUT2D eigenvalue weighted by Gasteiger charge is 2.23. The van der Waals surface area contributed by atoms with Gasteiger partial charge in [-0.1, -0.05) is 0 Å². The Kier molecular flexibility index (Phi) is 2.90. The van der Waals surface area contributed by atoms with Gasteiger partial charge in [-0.05, 0) is 47.5 Å². The van der Waals surface area contributed by atoms with E-state index in [1.807, 2.05) is 0 Å². The van der Waals surface area contributed by atoms with Gasteiger partial charge in [0.15, 0.2) is 0 Å². The quantitative estimate of drug-likeness (QED) is 0.559. The molecular formula is C9H20N2. The molecule has 1 rings (SSSR count). The first-order valence-electron chi connectivity index (χ1n) is 4.48. The van der Waals surface area contributed by atoms with Crippen LogP contribution in [0.4, 0.5) is 0 Å². The summed E-state index contributed by atoms with van der Waals surface area (Å²) in [5.41, 5.74) is 0. The Balaban J connectivity index is 2.40. The zero-order valence-electron chi connectivity index (χ0n) is 8.17. The Bertz CT molecular complexity index is 123. The molecule has 0 aromatic rings. The SMILES string of the molecule is CC1CC(N(C)C)CCN1C. The maximum atomic E-state index is 2.44. The second-order valence-electron chi connectivity index (χ2n) is 3.97. The van der Waals surface area contributed by atoms with Gasteiger partial charge in [0.25, 0.3) is 0 Å². The molecule has 2 atom stereocenters. The first kappa shape index (κ1) is 9.01. The molecule has 0 aromatic carbocycles. The number of hydrogen-bond acceptors (Lipinski definition) is 2. The number of hydrogen-bond donors (Lipinski definition) is 0. The standard InChI is InChI=1S/C9H20N2/c1-8-7-9(10(2)3)5-6-11(8)4/h8-9H,5-7H2,1-4H3. The lowest BCUT2D eigenvalue weighted by molar-refractivity contribution is 0.120. The number of nitrogens with zero attached hydrogens (tertiary/aromatic N) is 2. The lowest BCUT2D eigenvalue weighted by Crippen LogP contribution is -2.45. The van der Waals surface area contributed by atoms with Crippen molar-refractivity contribution in [3.05, 3.63) is 0 Å². The van der Waals surface area contributed by atoms with Crippen LogP contribution in [0.15, 0.2) is 0 Å². The van der Waals surface area contributed by atoms with Crippen LogP contribution in [0.1, 0.15) is 19.8 Å². The van der Waals surface area contributed by atoms with E-state index < -0.39 is 0 Å². The van der Waals surface area contributed by atoms with Crippen molar-refractivity contribution in [2.24, 2.45) is 0 Å². The first-order chi connectivity index (χ1) is 5.11. The largest absolute Gasteiger partial charge is 0.306 e. The van der Waals surface area contributed by atoms with Crippen LogP contribution in [0.5, 0.6) is 0 Å². The molecule has 66 valence electrons. The summed E-state index contributed by atoms with van der Waals surface area (Å²) in [6.07, 6.45) is 2.65. The molecular weight excluding hydrogens is 136 g/mol. The predicted molar refractivity (Wildman–Crippen MR) is 48.8 cm³/mol. The molecule has 0 bridgehead atoms. The van der Waals surface area contributed by atoms with Gasteiger partial charge in [0.2, 0.25) is 0 Å². The van der Waals surface area contributed by atoms with Crippen LogP contribution in [-0.4, -0.2) is 49.6 Å². The van der Waals surface area contributed by atoms with Gasteiger partial charge in [0.05, 0.1) is 0 Å². The summed E-state index contributed by atoms with van der Waals surface area (Å²) in [7, 11) is 6.59. The molecule has 2 heteroatoms. The van der Waals surface area contributed by atoms with Crippen molar-refractivity contribution in [2.75, 3.05) is 27.7 Å². The van der Waals surface area contributed by atoms with Crippen LogP contribution in [-0.2, 0) is 0 Å². The minimum absolute atomic E-state index is 0.760. The molecule has 0 saturated carbocycles. The van der Waals surface area contributed by atoms with Gasteiger partial charge >= 0.3 is 0 Å². The molecule has 0 amide bonds. The van der Waals surface area contributed by atoms with Crippen molar-refractivity contribution in [2.45, 2.75) is 31.8 Å². The predicted octanol–water partition coefficient (Wildman–Crippen LogP) is 1.03. The van der Waals surface area contributed by atoms with E-state index in [-0.39, 0.29) is 0 Å². The second-order valence-corrected chi connectivity index (χ2v) is 3.97. The van der Waals surface area contributed by atoms with E-state index in [4.69, 9.17) is 0 Å². The summed E-state index contributed by atoms with van der Waals surface area (Å²) in [6.45, 7) is 3.57. The Labute approximate surface area is 70.2 Å². The smallest absolute Gasteiger partial charge is 0.0116 e. The van der Waals surface area contributed by atoms with Crippen LogP contribution < -0.4 is 0 Å². The van der Waals surface area contributed by atoms with Gasteiger partial charge in [-0.15, -0.1) is 0 Å². The van der Waals surface area contributed by atoms with Gasteiger partial charge < -0.3 is 9.80 Å². The topological polar surface area (TPSA) is 6.48 Å². The molecule has 0 N–H and O–H groups in total. The molecule has 1 aliphatic heterocycles. The Morgan fingerprint density at radius 2 is 2.00 bits per heavy atom. The van der Waals surface area contributed by atoms with Crippen molar-refractivity contribution in [3.63, 3.8) is 0 Å². The van der Waals surface area contributed by atoms with Crippen LogP contribution in [0.25, 0.3) is 0 Å². The summed E-state index contributed by atoms with van der Waals surface area (Å²) in [6, 6.07) is 1.57. The van der Waals surface area contributed by atoms with E-state index in [1.165, 1.54) is 19.4 Å².